The number of fused-ring (bicyclic) bond motifs is 1. The maximum absolute atomic E-state index is 13.0. The fourth-order valence-corrected chi connectivity index (χ4v) is 4.71. The van der Waals surface area contributed by atoms with Gasteiger partial charge in [-0.3, -0.25) is 4.79 Å². The number of aromatic nitrogens is 4. The smallest absolute Gasteiger partial charge is 0.264 e. The third kappa shape index (κ3) is 4.49. The van der Waals surface area contributed by atoms with Crippen LogP contribution in [0.15, 0.2) is 72.6 Å². The third-order valence-electron chi connectivity index (χ3n) is 6.80. The van der Waals surface area contributed by atoms with Crippen LogP contribution in [0.5, 0.6) is 11.5 Å². The van der Waals surface area contributed by atoms with Crippen molar-refractivity contribution < 1.29 is 9.53 Å². The van der Waals surface area contributed by atoms with E-state index in [4.69, 9.17) is 15.6 Å². The number of anilines is 1. The molecule has 1 saturated heterocycles. The van der Waals surface area contributed by atoms with E-state index < -0.39 is 0 Å². The average molecular weight is 492 g/mol. The van der Waals surface area contributed by atoms with Crippen molar-refractivity contribution in [2.24, 2.45) is 5.92 Å². The Morgan fingerprint density at radius 3 is 2.54 bits per heavy atom. The Labute approximate surface area is 213 Å². The molecule has 1 aliphatic carbocycles. The van der Waals surface area contributed by atoms with E-state index >= 15 is 0 Å². The number of likely N-dealkylation sites (tertiary alicyclic amines) is 1. The van der Waals surface area contributed by atoms with E-state index in [-0.39, 0.29) is 17.5 Å². The van der Waals surface area contributed by atoms with E-state index in [1.807, 2.05) is 65.4 Å². The molecule has 1 atom stereocenters. The van der Waals surface area contributed by atoms with Crippen molar-refractivity contribution in [3.63, 3.8) is 0 Å². The Kier molecular flexibility index (Phi) is 5.77. The van der Waals surface area contributed by atoms with Crippen LogP contribution in [-0.2, 0) is 4.79 Å². The molecule has 0 radical (unpaired) electrons. The summed E-state index contributed by atoms with van der Waals surface area (Å²) in [5, 5.41) is 15.1. The highest BCUT2D eigenvalue weighted by atomic mass is 16.5. The van der Waals surface area contributed by atoms with Crippen LogP contribution in [0.3, 0.4) is 0 Å². The summed E-state index contributed by atoms with van der Waals surface area (Å²) < 4.78 is 7.77. The Balaban J connectivity index is 1.28. The van der Waals surface area contributed by atoms with Gasteiger partial charge in [-0.25, -0.2) is 14.6 Å². The molecule has 0 bridgehead atoms. The minimum Gasteiger partial charge on any atom is -0.457 e. The molecule has 0 spiro atoms. The molecule has 9 heteroatoms. The van der Waals surface area contributed by atoms with Gasteiger partial charge in [0.2, 0.25) is 0 Å². The molecule has 4 aromatic rings. The van der Waals surface area contributed by atoms with Gasteiger partial charge in [-0.1, -0.05) is 24.3 Å². The number of nitrogens with two attached hydrogens (primary N) is 1. The zero-order valence-electron chi connectivity index (χ0n) is 20.1. The zero-order chi connectivity index (χ0) is 25.4. The molecule has 2 aliphatic rings. The van der Waals surface area contributed by atoms with Crippen LogP contribution in [0.4, 0.5) is 5.82 Å². The van der Waals surface area contributed by atoms with Gasteiger partial charge < -0.3 is 15.4 Å². The largest absolute Gasteiger partial charge is 0.457 e. The number of carbonyl (C=O) groups is 1. The summed E-state index contributed by atoms with van der Waals surface area (Å²) in [6.07, 6.45) is 6.04. The maximum atomic E-state index is 13.0. The lowest BCUT2D eigenvalue weighted by Crippen LogP contribution is -2.30. The van der Waals surface area contributed by atoms with Gasteiger partial charge in [0.25, 0.3) is 5.91 Å². The number of para-hydroxylation sites is 1. The van der Waals surface area contributed by atoms with E-state index in [2.05, 4.69) is 16.0 Å². The highest BCUT2D eigenvalue weighted by molar-refractivity contribution is 5.99. The molecule has 1 amide bonds. The number of carbonyl (C=O) groups excluding carboxylic acids is 1. The summed E-state index contributed by atoms with van der Waals surface area (Å²) in [6.45, 7) is 1.00. The predicted molar refractivity (Wildman–Crippen MR) is 138 cm³/mol. The first-order valence-corrected chi connectivity index (χ1v) is 12.3. The average Bonchev–Trinajstić information content (AvgIpc) is 3.46. The molecule has 1 aliphatic heterocycles. The zero-order valence-corrected chi connectivity index (χ0v) is 20.1. The molecule has 0 unspecified atom stereocenters. The normalized spacial score (nSPS) is 17.6. The first-order chi connectivity index (χ1) is 18.1. The van der Waals surface area contributed by atoms with E-state index in [1.54, 1.807) is 4.90 Å². The number of ether oxygens (including phenoxy) is 1. The first kappa shape index (κ1) is 22.7. The number of amides is 1. The summed E-state index contributed by atoms with van der Waals surface area (Å²) in [4.78, 5) is 23.4. The van der Waals surface area contributed by atoms with Crippen LogP contribution >= 0.6 is 0 Å². The second-order valence-electron chi connectivity index (χ2n) is 9.41. The first-order valence-electron chi connectivity index (χ1n) is 12.3. The lowest BCUT2D eigenvalue weighted by Gasteiger charge is -2.16. The van der Waals surface area contributed by atoms with E-state index in [1.165, 1.54) is 6.33 Å². The summed E-state index contributed by atoms with van der Waals surface area (Å²) >= 11 is 0. The van der Waals surface area contributed by atoms with Gasteiger partial charge in [0.15, 0.2) is 5.65 Å². The van der Waals surface area contributed by atoms with Crippen molar-refractivity contribution in [1.29, 1.82) is 5.26 Å². The summed E-state index contributed by atoms with van der Waals surface area (Å²) in [5.41, 5.74) is 8.68. The van der Waals surface area contributed by atoms with Gasteiger partial charge in [-0.15, -0.1) is 0 Å². The minimum absolute atomic E-state index is 0.0870. The summed E-state index contributed by atoms with van der Waals surface area (Å²) in [5.74, 6) is 1.96. The number of allylic oxidation sites excluding steroid dienone is 1. The molecule has 9 nitrogen and oxygen atoms in total. The molecule has 1 saturated carbocycles. The molecule has 2 N–H and O–H groups in total. The number of hydrogen-bond donors (Lipinski definition) is 1. The van der Waals surface area contributed by atoms with Crippen LogP contribution in [0.1, 0.15) is 25.3 Å². The van der Waals surface area contributed by atoms with Gasteiger partial charge >= 0.3 is 0 Å². The third-order valence-corrected chi connectivity index (χ3v) is 6.80. The molecule has 184 valence electrons. The van der Waals surface area contributed by atoms with Gasteiger partial charge in [-0.05, 0) is 61.6 Å². The van der Waals surface area contributed by atoms with Crippen molar-refractivity contribution in [3.05, 3.63) is 72.6 Å². The molecule has 2 aromatic carbocycles. The van der Waals surface area contributed by atoms with Gasteiger partial charge in [0, 0.05) is 18.7 Å². The van der Waals surface area contributed by atoms with Gasteiger partial charge in [0.1, 0.15) is 41.0 Å². The number of rotatable bonds is 6. The Hall–Kier alpha value is -4.71. The van der Waals surface area contributed by atoms with Gasteiger partial charge in [-0.2, -0.15) is 10.4 Å². The van der Waals surface area contributed by atoms with Crippen molar-refractivity contribution in [3.8, 4) is 28.8 Å². The predicted octanol–water partition coefficient (Wildman–Crippen LogP) is 4.50. The monoisotopic (exact) mass is 491 g/mol. The van der Waals surface area contributed by atoms with Crippen molar-refractivity contribution >= 4 is 22.8 Å². The number of nitrogens with zero attached hydrogens (tertiary/aromatic N) is 6. The van der Waals surface area contributed by atoms with Gasteiger partial charge in [0.05, 0.1) is 11.4 Å². The number of benzene rings is 2. The summed E-state index contributed by atoms with van der Waals surface area (Å²) in [7, 11) is 0. The highest BCUT2D eigenvalue weighted by Gasteiger charge is 2.33. The number of hydrogen-bond acceptors (Lipinski definition) is 7. The lowest BCUT2D eigenvalue weighted by atomic mass is 10.1. The van der Waals surface area contributed by atoms with Crippen LogP contribution in [0, 0.1) is 17.2 Å². The van der Waals surface area contributed by atoms with Crippen LogP contribution in [0.25, 0.3) is 22.3 Å². The van der Waals surface area contributed by atoms with Crippen LogP contribution in [0.2, 0.25) is 0 Å². The van der Waals surface area contributed by atoms with Crippen molar-refractivity contribution in [1.82, 2.24) is 24.6 Å². The Morgan fingerprint density at radius 2 is 1.81 bits per heavy atom. The fraction of sp³-hybridized carbons (Fsp3) is 0.250. The Bertz CT molecular complexity index is 1530. The van der Waals surface area contributed by atoms with Crippen LogP contribution < -0.4 is 10.5 Å². The SMILES string of the molecule is N#C/C(=C\C1CC1)C(=O)N1CC[C@H](n2nc(-c3ccc(Oc4ccccc4)cc3)c3c(N)ncnc32)C1. The maximum Gasteiger partial charge on any atom is 0.264 e. The van der Waals surface area contributed by atoms with Crippen molar-refractivity contribution in [2.45, 2.75) is 25.3 Å². The topological polar surface area (TPSA) is 123 Å². The second kappa shape index (κ2) is 9.39. The lowest BCUT2D eigenvalue weighted by molar-refractivity contribution is -0.125. The van der Waals surface area contributed by atoms with E-state index in [0.717, 1.165) is 24.2 Å². The molecule has 3 heterocycles. The molecular weight excluding hydrogens is 466 g/mol. The molecule has 2 fully saturated rings. The summed E-state index contributed by atoms with van der Waals surface area (Å²) in [6, 6.07) is 19.2. The van der Waals surface area contributed by atoms with E-state index in [0.29, 0.717) is 53.7 Å². The second-order valence-corrected chi connectivity index (χ2v) is 9.41. The van der Waals surface area contributed by atoms with E-state index in [9.17, 15) is 10.1 Å². The highest BCUT2D eigenvalue weighted by Crippen LogP contribution is 2.36. The molecular formula is C28H25N7O2. The standard InChI is InChI=1S/C28H25N7O2/c29-15-20(14-18-6-7-18)28(36)34-13-12-21(16-34)35-27-24(26(30)31-17-32-27)25(33-35)19-8-10-23(11-9-19)37-22-4-2-1-3-5-22/h1-5,8-11,14,17-18,21H,6-7,12-13,16H2,(H2,30,31,32)/b20-14+/t21-/m0/s1. The Morgan fingerprint density at radius 1 is 1.05 bits per heavy atom. The van der Waals surface area contributed by atoms with Crippen LogP contribution in [-0.4, -0.2) is 43.6 Å². The number of nitrogen functional groups attached to an aromatic ring is 1. The molecule has 37 heavy (non-hydrogen) atoms. The molecule has 6 rings (SSSR count). The minimum atomic E-state index is -0.211. The number of nitriles is 1. The fourth-order valence-electron chi connectivity index (χ4n) is 4.71. The quantitative estimate of drug-likeness (QED) is 0.311. The van der Waals surface area contributed by atoms with Crippen molar-refractivity contribution in [2.75, 3.05) is 18.8 Å². The molecule has 2 aromatic heterocycles.